The molecule has 1 aromatic rings. The van der Waals surface area contributed by atoms with Gasteiger partial charge in [-0.25, -0.2) is 0 Å². The van der Waals surface area contributed by atoms with Crippen LogP contribution in [0, 0.1) is 6.92 Å². The number of carbonyl (C=O) groups excluding carboxylic acids is 1. The largest absolute Gasteiger partial charge is 0.435 e. The van der Waals surface area contributed by atoms with E-state index in [-0.39, 0.29) is 18.0 Å². The summed E-state index contributed by atoms with van der Waals surface area (Å²) in [7, 11) is 0. The van der Waals surface area contributed by atoms with Crippen LogP contribution in [0.25, 0.3) is 0 Å². The topological polar surface area (TPSA) is 26.3 Å². The summed E-state index contributed by atoms with van der Waals surface area (Å²) in [5, 5.41) is 0. The minimum atomic E-state index is -2.84. The fraction of sp³-hybridized carbons (Fsp3) is 0.364. The van der Waals surface area contributed by atoms with Crippen LogP contribution in [0.4, 0.5) is 8.78 Å². The third-order valence-corrected chi connectivity index (χ3v) is 1.92. The standard InChI is InChI=1S/C11H12F2O2/c1-7-3-4-9(5-8(2)14)6-10(7)15-11(12)13/h3-4,6,11H,5H2,1-2H3. The van der Waals surface area contributed by atoms with Crippen LogP contribution in [-0.2, 0) is 11.2 Å². The van der Waals surface area contributed by atoms with E-state index in [1.807, 2.05) is 0 Å². The number of alkyl halides is 2. The van der Waals surface area contributed by atoms with Crippen LogP contribution in [0.1, 0.15) is 18.1 Å². The SMILES string of the molecule is CC(=O)Cc1ccc(C)c(OC(F)F)c1. The van der Waals surface area contributed by atoms with Crippen LogP contribution in [0.2, 0.25) is 0 Å². The molecule has 0 unspecified atom stereocenters. The van der Waals surface area contributed by atoms with E-state index in [1.54, 1.807) is 19.1 Å². The summed E-state index contributed by atoms with van der Waals surface area (Å²) in [4.78, 5) is 10.8. The molecule has 0 saturated heterocycles. The van der Waals surface area contributed by atoms with Crippen molar-refractivity contribution < 1.29 is 18.3 Å². The van der Waals surface area contributed by atoms with Gasteiger partial charge >= 0.3 is 6.61 Å². The second kappa shape index (κ2) is 4.87. The predicted molar refractivity (Wildman–Crippen MR) is 52.2 cm³/mol. The molecule has 4 heteroatoms. The van der Waals surface area contributed by atoms with Crippen LogP contribution >= 0.6 is 0 Å². The average Bonchev–Trinajstić information content (AvgIpc) is 2.09. The van der Waals surface area contributed by atoms with E-state index in [9.17, 15) is 13.6 Å². The number of benzene rings is 1. The fourth-order valence-corrected chi connectivity index (χ4v) is 1.26. The average molecular weight is 214 g/mol. The van der Waals surface area contributed by atoms with E-state index in [4.69, 9.17) is 0 Å². The highest BCUT2D eigenvalue weighted by molar-refractivity contribution is 5.78. The van der Waals surface area contributed by atoms with Gasteiger partial charge in [0, 0.05) is 6.42 Å². The Hall–Kier alpha value is -1.45. The zero-order valence-electron chi connectivity index (χ0n) is 8.59. The Balaban J connectivity index is 2.89. The number of carbonyl (C=O) groups is 1. The van der Waals surface area contributed by atoms with Crippen molar-refractivity contribution in [3.05, 3.63) is 29.3 Å². The summed E-state index contributed by atoms with van der Waals surface area (Å²) >= 11 is 0. The molecule has 2 nitrogen and oxygen atoms in total. The van der Waals surface area contributed by atoms with Gasteiger partial charge in [0.15, 0.2) is 0 Å². The number of ketones is 1. The van der Waals surface area contributed by atoms with Gasteiger partial charge in [-0.1, -0.05) is 12.1 Å². The Kier molecular flexibility index (Phi) is 3.77. The van der Waals surface area contributed by atoms with Crippen LogP contribution in [0.15, 0.2) is 18.2 Å². The molecule has 0 aliphatic rings. The van der Waals surface area contributed by atoms with Crippen LogP contribution in [-0.4, -0.2) is 12.4 Å². The van der Waals surface area contributed by atoms with Crippen LogP contribution in [0.3, 0.4) is 0 Å². The van der Waals surface area contributed by atoms with E-state index in [0.717, 1.165) is 0 Å². The minimum absolute atomic E-state index is 0.0122. The van der Waals surface area contributed by atoms with Gasteiger partial charge in [0.05, 0.1) is 0 Å². The number of aryl methyl sites for hydroxylation is 1. The number of Topliss-reactive ketones (excluding diaryl/α,β-unsaturated/α-hetero) is 1. The molecule has 0 radical (unpaired) electrons. The highest BCUT2D eigenvalue weighted by Gasteiger charge is 2.08. The van der Waals surface area contributed by atoms with E-state index >= 15 is 0 Å². The molecular formula is C11H12F2O2. The fourth-order valence-electron chi connectivity index (χ4n) is 1.26. The second-order valence-electron chi connectivity index (χ2n) is 3.36. The molecule has 0 aliphatic carbocycles. The summed E-state index contributed by atoms with van der Waals surface area (Å²) in [5.74, 6) is 0.116. The van der Waals surface area contributed by atoms with Crippen LogP contribution < -0.4 is 4.74 Å². The number of rotatable bonds is 4. The smallest absolute Gasteiger partial charge is 0.387 e. The summed E-state index contributed by atoms with van der Waals surface area (Å²) in [5.41, 5.74) is 1.31. The van der Waals surface area contributed by atoms with Gasteiger partial charge in [0.1, 0.15) is 11.5 Å². The molecule has 15 heavy (non-hydrogen) atoms. The summed E-state index contributed by atoms with van der Waals surface area (Å²) in [6.45, 7) is 0.291. The third kappa shape index (κ3) is 3.65. The Morgan fingerprint density at radius 2 is 2.13 bits per heavy atom. The highest BCUT2D eigenvalue weighted by atomic mass is 19.3. The van der Waals surface area contributed by atoms with E-state index in [1.165, 1.54) is 13.0 Å². The van der Waals surface area contributed by atoms with Gasteiger partial charge in [-0.05, 0) is 31.0 Å². The Morgan fingerprint density at radius 1 is 1.47 bits per heavy atom. The molecule has 0 atom stereocenters. The molecule has 0 spiro atoms. The lowest BCUT2D eigenvalue weighted by molar-refractivity contribution is -0.116. The molecule has 0 heterocycles. The molecule has 0 amide bonds. The van der Waals surface area contributed by atoms with Crippen molar-refractivity contribution in [2.24, 2.45) is 0 Å². The summed E-state index contributed by atoms with van der Waals surface area (Å²) in [6, 6.07) is 4.87. The van der Waals surface area contributed by atoms with Crippen molar-refractivity contribution in [3.63, 3.8) is 0 Å². The molecular weight excluding hydrogens is 202 g/mol. The number of hydrogen-bond acceptors (Lipinski definition) is 2. The molecule has 1 rings (SSSR count). The van der Waals surface area contributed by atoms with Gasteiger partial charge < -0.3 is 4.74 Å². The summed E-state index contributed by atoms with van der Waals surface area (Å²) in [6.07, 6.45) is 0.236. The number of hydrogen-bond donors (Lipinski definition) is 0. The Labute approximate surface area is 86.9 Å². The molecule has 0 aliphatic heterocycles. The first-order chi connectivity index (χ1) is 6.99. The number of ether oxygens (including phenoxy) is 1. The first-order valence-corrected chi connectivity index (χ1v) is 4.53. The number of halogens is 2. The monoisotopic (exact) mass is 214 g/mol. The first kappa shape index (κ1) is 11.6. The van der Waals surface area contributed by atoms with Crippen molar-refractivity contribution in [2.45, 2.75) is 26.9 Å². The molecule has 0 aromatic heterocycles. The van der Waals surface area contributed by atoms with Gasteiger partial charge in [-0.3, -0.25) is 4.79 Å². The lowest BCUT2D eigenvalue weighted by Gasteiger charge is -2.09. The second-order valence-corrected chi connectivity index (χ2v) is 3.36. The van der Waals surface area contributed by atoms with E-state index in [2.05, 4.69) is 4.74 Å². The maximum atomic E-state index is 12.0. The molecule has 1 aromatic carbocycles. The van der Waals surface area contributed by atoms with Crippen molar-refractivity contribution in [1.82, 2.24) is 0 Å². The predicted octanol–water partition coefficient (Wildman–Crippen LogP) is 2.73. The maximum Gasteiger partial charge on any atom is 0.387 e. The first-order valence-electron chi connectivity index (χ1n) is 4.53. The van der Waals surface area contributed by atoms with E-state index < -0.39 is 6.61 Å². The molecule has 0 fully saturated rings. The molecule has 0 bridgehead atoms. The lowest BCUT2D eigenvalue weighted by Crippen LogP contribution is -2.04. The van der Waals surface area contributed by atoms with Gasteiger partial charge in [0.25, 0.3) is 0 Å². The zero-order valence-corrected chi connectivity index (χ0v) is 8.59. The van der Waals surface area contributed by atoms with Crippen molar-refractivity contribution in [3.8, 4) is 5.75 Å². The van der Waals surface area contributed by atoms with Crippen molar-refractivity contribution in [2.75, 3.05) is 0 Å². The molecule has 0 N–H and O–H groups in total. The van der Waals surface area contributed by atoms with Gasteiger partial charge in [-0.2, -0.15) is 8.78 Å². The quantitative estimate of drug-likeness (QED) is 0.770. The molecule has 82 valence electrons. The minimum Gasteiger partial charge on any atom is -0.435 e. The highest BCUT2D eigenvalue weighted by Crippen LogP contribution is 2.21. The Morgan fingerprint density at radius 3 is 2.67 bits per heavy atom. The van der Waals surface area contributed by atoms with Crippen molar-refractivity contribution in [1.29, 1.82) is 0 Å². The summed E-state index contributed by atoms with van der Waals surface area (Å²) < 4.78 is 28.3. The van der Waals surface area contributed by atoms with E-state index in [0.29, 0.717) is 11.1 Å². The third-order valence-electron chi connectivity index (χ3n) is 1.92. The maximum absolute atomic E-state index is 12.0. The van der Waals surface area contributed by atoms with Gasteiger partial charge in [0.2, 0.25) is 0 Å². The van der Waals surface area contributed by atoms with Gasteiger partial charge in [-0.15, -0.1) is 0 Å². The Bertz CT molecular complexity index is 362. The zero-order chi connectivity index (χ0) is 11.4. The van der Waals surface area contributed by atoms with Crippen LogP contribution in [0.5, 0.6) is 5.75 Å². The molecule has 0 saturated carbocycles. The lowest BCUT2D eigenvalue weighted by atomic mass is 10.1. The normalized spacial score (nSPS) is 10.5. The van der Waals surface area contributed by atoms with Crippen molar-refractivity contribution >= 4 is 5.78 Å².